The van der Waals surface area contributed by atoms with E-state index in [0.717, 1.165) is 34.8 Å². The summed E-state index contributed by atoms with van der Waals surface area (Å²) < 4.78 is 41.7. The van der Waals surface area contributed by atoms with Crippen molar-refractivity contribution >= 4 is 27.5 Å². The summed E-state index contributed by atoms with van der Waals surface area (Å²) in [6.07, 6.45) is 2.22. The third kappa shape index (κ3) is 7.64. The van der Waals surface area contributed by atoms with Crippen molar-refractivity contribution in [2.24, 2.45) is 0 Å². The number of nitrogens with one attached hydrogen (secondary N) is 1. The number of unbranched alkanes of at least 4 members (excludes halogenated alkanes) is 1. The number of rotatable bonds is 13. The number of nitrogens with zero attached hydrogens (tertiary/aromatic N) is 2. The fourth-order valence-corrected chi connectivity index (χ4v) is 5.38. The van der Waals surface area contributed by atoms with E-state index in [1.807, 2.05) is 37.3 Å². The van der Waals surface area contributed by atoms with Crippen LogP contribution in [0.5, 0.6) is 0 Å². The first kappa shape index (κ1) is 28.8. The molecular weight excluding hydrogens is 505 g/mol. The second-order valence-electron chi connectivity index (χ2n) is 8.94. The van der Waals surface area contributed by atoms with Gasteiger partial charge in [0, 0.05) is 13.1 Å². The van der Waals surface area contributed by atoms with Crippen LogP contribution in [0.3, 0.4) is 0 Å². The molecule has 0 aromatic heterocycles. The lowest BCUT2D eigenvalue weighted by Crippen LogP contribution is -2.52. The Kier molecular flexibility index (Phi) is 10.4. The van der Waals surface area contributed by atoms with Crippen LogP contribution >= 0.6 is 0 Å². The molecule has 1 atom stereocenters. The zero-order valence-corrected chi connectivity index (χ0v) is 22.5. The molecule has 0 radical (unpaired) electrons. The first-order chi connectivity index (χ1) is 18.2. The maximum atomic E-state index is 13.7. The molecule has 3 rings (SSSR count). The fourth-order valence-electron chi connectivity index (χ4n) is 3.96. The summed E-state index contributed by atoms with van der Waals surface area (Å²) >= 11 is 0. The molecular formula is C29H34FN3O4S. The van der Waals surface area contributed by atoms with Crippen molar-refractivity contribution in [1.29, 1.82) is 0 Å². The van der Waals surface area contributed by atoms with Crippen LogP contribution in [-0.2, 0) is 26.0 Å². The molecule has 0 fully saturated rings. The summed E-state index contributed by atoms with van der Waals surface area (Å²) in [5.41, 5.74) is 1.27. The zero-order chi connectivity index (χ0) is 27.5. The van der Waals surface area contributed by atoms with Gasteiger partial charge in [0.2, 0.25) is 11.8 Å². The van der Waals surface area contributed by atoms with Crippen LogP contribution in [0.2, 0.25) is 0 Å². The van der Waals surface area contributed by atoms with Gasteiger partial charge in [-0.05, 0) is 61.7 Å². The number of anilines is 1. The lowest BCUT2D eigenvalue weighted by Gasteiger charge is -2.32. The number of amides is 2. The lowest BCUT2D eigenvalue weighted by atomic mass is 10.1. The van der Waals surface area contributed by atoms with Gasteiger partial charge in [-0.25, -0.2) is 12.8 Å². The molecule has 0 heterocycles. The third-order valence-electron chi connectivity index (χ3n) is 6.21. The monoisotopic (exact) mass is 539 g/mol. The van der Waals surface area contributed by atoms with E-state index in [-0.39, 0.29) is 23.0 Å². The van der Waals surface area contributed by atoms with Crippen molar-refractivity contribution in [2.45, 2.75) is 44.0 Å². The van der Waals surface area contributed by atoms with E-state index in [4.69, 9.17) is 0 Å². The molecule has 0 aliphatic carbocycles. The molecule has 2 amide bonds. The minimum absolute atomic E-state index is 0.142. The van der Waals surface area contributed by atoms with Crippen LogP contribution in [0.1, 0.15) is 32.3 Å². The molecule has 0 spiro atoms. The van der Waals surface area contributed by atoms with Crippen molar-refractivity contribution < 1.29 is 22.4 Å². The Morgan fingerprint density at radius 1 is 0.921 bits per heavy atom. The minimum atomic E-state index is -4.21. The van der Waals surface area contributed by atoms with Crippen LogP contribution < -0.4 is 9.62 Å². The molecule has 0 bridgehead atoms. The van der Waals surface area contributed by atoms with Gasteiger partial charge in [-0.3, -0.25) is 13.9 Å². The number of sulfonamides is 1. The van der Waals surface area contributed by atoms with Crippen molar-refractivity contribution in [3.8, 4) is 0 Å². The van der Waals surface area contributed by atoms with Crippen molar-refractivity contribution in [3.63, 3.8) is 0 Å². The van der Waals surface area contributed by atoms with E-state index in [1.54, 1.807) is 37.3 Å². The van der Waals surface area contributed by atoms with E-state index in [2.05, 4.69) is 5.32 Å². The Hall–Kier alpha value is -3.72. The van der Waals surface area contributed by atoms with Crippen LogP contribution in [-0.4, -0.2) is 50.8 Å². The Balaban J connectivity index is 1.91. The van der Waals surface area contributed by atoms with Crippen LogP contribution in [0.4, 0.5) is 10.1 Å². The lowest BCUT2D eigenvalue weighted by molar-refractivity contribution is -0.138. The van der Waals surface area contributed by atoms with Gasteiger partial charge in [0.25, 0.3) is 10.0 Å². The average Bonchev–Trinajstić information content (AvgIpc) is 2.93. The Labute approximate surface area is 224 Å². The summed E-state index contributed by atoms with van der Waals surface area (Å²) in [5, 5.41) is 2.86. The number of carbonyl (C=O) groups excluding carboxylic acids is 2. The van der Waals surface area contributed by atoms with Crippen LogP contribution in [0.15, 0.2) is 89.8 Å². The SMILES string of the molecule is CCCCNC(=O)C(C)N(CCc1ccccc1)C(=O)CN(c1ccccc1)S(=O)(=O)c1ccc(F)cc1. The predicted molar refractivity (Wildman–Crippen MR) is 147 cm³/mol. The van der Waals surface area contributed by atoms with Gasteiger partial charge < -0.3 is 10.2 Å². The molecule has 0 aliphatic rings. The van der Waals surface area contributed by atoms with Crippen molar-refractivity contribution in [2.75, 3.05) is 23.9 Å². The van der Waals surface area contributed by atoms with E-state index < -0.39 is 34.3 Å². The topological polar surface area (TPSA) is 86.8 Å². The Morgan fingerprint density at radius 2 is 1.53 bits per heavy atom. The molecule has 38 heavy (non-hydrogen) atoms. The van der Waals surface area contributed by atoms with E-state index in [1.165, 1.54) is 17.0 Å². The van der Waals surface area contributed by atoms with Gasteiger partial charge in [0.1, 0.15) is 18.4 Å². The summed E-state index contributed by atoms with van der Waals surface area (Å²) in [5.74, 6) is -1.39. The third-order valence-corrected chi connectivity index (χ3v) is 7.99. The normalized spacial score (nSPS) is 12.0. The summed E-state index contributed by atoms with van der Waals surface area (Å²) in [6.45, 7) is 3.86. The van der Waals surface area contributed by atoms with Crippen LogP contribution in [0.25, 0.3) is 0 Å². The highest BCUT2D eigenvalue weighted by Gasteiger charge is 2.32. The van der Waals surface area contributed by atoms with E-state index >= 15 is 0 Å². The smallest absolute Gasteiger partial charge is 0.264 e. The molecule has 3 aromatic carbocycles. The van der Waals surface area contributed by atoms with E-state index in [0.29, 0.717) is 13.0 Å². The Morgan fingerprint density at radius 3 is 2.13 bits per heavy atom. The largest absolute Gasteiger partial charge is 0.354 e. The Bertz CT molecular complexity index is 1290. The van der Waals surface area contributed by atoms with Crippen molar-refractivity contribution in [3.05, 3.63) is 96.3 Å². The highest BCUT2D eigenvalue weighted by Crippen LogP contribution is 2.24. The molecule has 9 heteroatoms. The maximum Gasteiger partial charge on any atom is 0.264 e. The average molecular weight is 540 g/mol. The second kappa shape index (κ2) is 13.7. The molecule has 7 nitrogen and oxygen atoms in total. The van der Waals surface area contributed by atoms with Gasteiger partial charge in [0.15, 0.2) is 0 Å². The van der Waals surface area contributed by atoms with Gasteiger partial charge in [-0.1, -0.05) is 61.9 Å². The number of benzene rings is 3. The summed E-state index contributed by atoms with van der Waals surface area (Å²) in [6, 6.07) is 21.5. The number of halogens is 1. The summed E-state index contributed by atoms with van der Waals surface area (Å²) in [4.78, 5) is 27.9. The quantitative estimate of drug-likeness (QED) is 0.326. The molecule has 3 aromatic rings. The van der Waals surface area contributed by atoms with Gasteiger partial charge >= 0.3 is 0 Å². The zero-order valence-electron chi connectivity index (χ0n) is 21.7. The summed E-state index contributed by atoms with van der Waals surface area (Å²) in [7, 11) is -4.21. The maximum absolute atomic E-state index is 13.7. The number of para-hydroxylation sites is 1. The minimum Gasteiger partial charge on any atom is -0.354 e. The molecule has 0 aliphatic heterocycles. The van der Waals surface area contributed by atoms with Gasteiger partial charge in [-0.2, -0.15) is 0 Å². The van der Waals surface area contributed by atoms with Crippen molar-refractivity contribution in [1.82, 2.24) is 10.2 Å². The fraction of sp³-hybridized carbons (Fsp3) is 0.310. The first-order valence-corrected chi connectivity index (χ1v) is 14.1. The van der Waals surface area contributed by atoms with Gasteiger partial charge in [0.05, 0.1) is 10.6 Å². The van der Waals surface area contributed by atoms with Crippen LogP contribution in [0, 0.1) is 5.82 Å². The first-order valence-electron chi connectivity index (χ1n) is 12.7. The van der Waals surface area contributed by atoms with E-state index in [9.17, 15) is 22.4 Å². The number of hydrogen-bond donors (Lipinski definition) is 1. The molecule has 0 saturated carbocycles. The standard InChI is InChI=1S/C29H34FN3O4S/c1-3-4-20-31-29(35)23(2)32(21-19-24-11-7-5-8-12-24)28(34)22-33(26-13-9-6-10-14-26)38(36,37)27-17-15-25(30)16-18-27/h5-18,23H,3-4,19-22H2,1-2H3,(H,31,35). The highest BCUT2D eigenvalue weighted by atomic mass is 32.2. The highest BCUT2D eigenvalue weighted by molar-refractivity contribution is 7.92. The van der Waals surface area contributed by atoms with Gasteiger partial charge in [-0.15, -0.1) is 0 Å². The predicted octanol–water partition coefficient (Wildman–Crippen LogP) is 4.40. The molecule has 1 unspecified atom stereocenters. The molecule has 0 saturated heterocycles. The molecule has 1 N–H and O–H groups in total. The number of hydrogen-bond acceptors (Lipinski definition) is 4. The molecule has 202 valence electrons. The second-order valence-corrected chi connectivity index (χ2v) is 10.8. The number of carbonyl (C=O) groups is 2.